The molecule has 1 fully saturated rings. The first kappa shape index (κ1) is 14.7. The van der Waals surface area contributed by atoms with Crippen molar-refractivity contribution in [2.24, 2.45) is 0 Å². The first-order valence-corrected chi connectivity index (χ1v) is 7.73. The van der Waals surface area contributed by atoms with Crippen molar-refractivity contribution in [3.8, 4) is 0 Å². The van der Waals surface area contributed by atoms with Crippen molar-refractivity contribution in [3.63, 3.8) is 0 Å². The third-order valence-electron chi connectivity index (χ3n) is 3.85. The van der Waals surface area contributed by atoms with Gasteiger partial charge in [-0.05, 0) is 31.0 Å². The van der Waals surface area contributed by atoms with Crippen LogP contribution < -0.4 is 5.32 Å². The minimum atomic E-state index is -0.518. The molecule has 0 amide bonds. The number of benzene rings is 1. The largest absolute Gasteiger partial charge is 0.373 e. The summed E-state index contributed by atoms with van der Waals surface area (Å²) in [5, 5.41) is 3.94. The lowest BCUT2D eigenvalue weighted by Crippen LogP contribution is -2.43. The topological polar surface area (TPSA) is 33.7 Å². The van der Waals surface area contributed by atoms with Crippen molar-refractivity contribution in [3.05, 3.63) is 47.3 Å². The van der Waals surface area contributed by atoms with Crippen LogP contribution in [0.25, 0.3) is 0 Å². The predicted octanol–water partition coefficient (Wildman–Crippen LogP) is 2.74. The maximum absolute atomic E-state index is 6.10. The number of nitrogens with one attached hydrogen (secondary N) is 1. The Hall–Kier alpha value is -1.23. The molecule has 2 aliphatic heterocycles. The van der Waals surface area contributed by atoms with Gasteiger partial charge in [0.05, 0.1) is 25.9 Å². The molecule has 0 bridgehead atoms. The predicted molar refractivity (Wildman–Crippen MR) is 82.9 cm³/mol. The van der Waals surface area contributed by atoms with Gasteiger partial charge in [0.25, 0.3) is 0 Å². The standard InChI is InChI=1S/C16H21ClN2O2/c1-13-10-20-16(21-13,11-19-9-8-18-12-19)7-6-14-2-4-15(17)5-3-14/h2-5,8-9,13,18H,6-7,10-12H2,1H3/t13-,16+/m0/s1. The summed E-state index contributed by atoms with van der Waals surface area (Å²) < 4.78 is 12.1. The second-order valence-electron chi connectivity index (χ2n) is 5.70. The lowest BCUT2D eigenvalue weighted by Gasteiger charge is -2.32. The van der Waals surface area contributed by atoms with Crippen LogP contribution in [0.3, 0.4) is 0 Å². The number of aryl methyl sites for hydroxylation is 1. The van der Waals surface area contributed by atoms with Gasteiger partial charge in [-0.2, -0.15) is 0 Å². The molecule has 0 saturated carbocycles. The van der Waals surface area contributed by atoms with Crippen molar-refractivity contribution in [1.29, 1.82) is 0 Å². The molecule has 2 atom stereocenters. The maximum Gasteiger partial charge on any atom is 0.186 e. The fourth-order valence-electron chi connectivity index (χ4n) is 2.78. The summed E-state index contributed by atoms with van der Waals surface area (Å²) in [6.07, 6.45) is 5.89. The highest BCUT2D eigenvalue weighted by Crippen LogP contribution is 2.30. The van der Waals surface area contributed by atoms with E-state index < -0.39 is 5.79 Å². The third kappa shape index (κ3) is 3.70. The first-order chi connectivity index (χ1) is 10.2. The molecular formula is C16H21ClN2O2. The van der Waals surface area contributed by atoms with Crippen molar-refractivity contribution in [2.75, 3.05) is 19.8 Å². The average Bonchev–Trinajstić information content (AvgIpc) is 3.09. The molecule has 0 spiro atoms. The van der Waals surface area contributed by atoms with Gasteiger partial charge in [-0.15, -0.1) is 0 Å². The summed E-state index contributed by atoms with van der Waals surface area (Å²) >= 11 is 5.93. The number of rotatable bonds is 5. The molecule has 0 aromatic heterocycles. The van der Waals surface area contributed by atoms with Gasteiger partial charge in [0, 0.05) is 23.8 Å². The molecule has 114 valence electrons. The second-order valence-corrected chi connectivity index (χ2v) is 6.14. The number of hydrogen-bond donors (Lipinski definition) is 1. The van der Waals surface area contributed by atoms with Crippen molar-refractivity contribution >= 4 is 11.6 Å². The Morgan fingerprint density at radius 1 is 1.38 bits per heavy atom. The summed E-state index contributed by atoms with van der Waals surface area (Å²) in [4.78, 5) is 2.18. The zero-order valence-corrected chi connectivity index (χ0v) is 13.0. The zero-order chi connectivity index (χ0) is 14.7. The van der Waals surface area contributed by atoms with Gasteiger partial charge >= 0.3 is 0 Å². The molecule has 0 radical (unpaired) electrons. The molecule has 21 heavy (non-hydrogen) atoms. The lowest BCUT2D eigenvalue weighted by molar-refractivity contribution is -0.178. The van der Waals surface area contributed by atoms with E-state index in [1.54, 1.807) is 0 Å². The maximum atomic E-state index is 6.10. The molecule has 3 rings (SSSR count). The van der Waals surface area contributed by atoms with E-state index in [2.05, 4.69) is 29.3 Å². The van der Waals surface area contributed by atoms with E-state index in [4.69, 9.17) is 21.1 Å². The van der Waals surface area contributed by atoms with Crippen LogP contribution in [-0.4, -0.2) is 36.6 Å². The molecule has 0 unspecified atom stereocenters. The fourth-order valence-corrected chi connectivity index (χ4v) is 2.91. The molecule has 2 aliphatic rings. The van der Waals surface area contributed by atoms with Crippen LogP contribution in [0, 0.1) is 0 Å². The van der Waals surface area contributed by atoms with E-state index >= 15 is 0 Å². The average molecular weight is 309 g/mol. The van der Waals surface area contributed by atoms with Gasteiger partial charge < -0.3 is 19.7 Å². The Bertz CT molecular complexity index is 506. The van der Waals surface area contributed by atoms with E-state index in [0.717, 1.165) is 31.1 Å². The van der Waals surface area contributed by atoms with Crippen molar-refractivity contribution in [1.82, 2.24) is 10.2 Å². The normalized spacial score (nSPS) is 28.1. The fraction of sp³-hybridized carbons (Fsp3) is 0.500. The van der Waals surface area contributed by atoms with E-state index in [-0.39, 0.29) is 6.10 Å². The quantitative estimate of drug-likeness (QED) is 0.907. The van der Waals surface area contributed by atoms with Gasteiger partial charge in [0.2, 0.25) is 0 Å². The highest BCUT2D eigenvalue weighted by Gasteiger charge is 2.41. The van der Waals surface area contributed by atoms with E-state index in [1.807, 2.05) is 24.5 Å². The van der Waals surface area contributed by atoms with E-state index in [0.29, 0.717) is 6.61 Å². The Labute approximate surface area is 130 Å². The SMILES string of the molecule is C[C@H]1CO[C@@](CCc2ccc(Cl)cc2)(CN2C=CNC2)O1. The first-order valence-electron chi connectivity index (χ1n) is 7.36. The summed E-state index contributed by atoms with van der Waals surface area (Å²) in [7, 11) is 0. The number of ether oxygens (including phenoxy) is 2. The smallest absolute Gasteiger partial charge is 0.186 e. The van der Waals surface area contributed by atoms with E-state index in [1.165, 1.54) is 5.56 Å². The van der Waals surface area contributed by atoms with Crippen LogP contribution >= 0.6 is 11.6 Å². The molecule has 1 aromatic carbocycles. The summed E-state index contributed by atoms with van der Waals surface area (Å²) in [6, 6.07) is 7.98. The molecule has 1 N–H and O–H groups in total. The Morgan fingerprint density at radius 3 is 2.81 bits per heavy atom. The van der Waals surface area contributed by atoms with Crippen LogP contribution in [0.5, 0.6) is 0 Å². The molecule has 2 heterocycles. The molecule has 1 aromatic rings. The van der Waals surface area contributed by atoms with Gasteiger partial charge in [-0.3, -0.25) is 0 Å². The summed E-state index contributed by atoms with van der Waals surface area (Å²) in [6.45, 7) is 4.27. The van der Waals surface area contributed by atoms with Gasteiger partial charge in [-0.25, -0.2) is 0 Å². The number of hydrogen-bond acceptors (Lipinski definition) is 4. The molecule has 4 nitrogen and oxygen atoms in total. The highest BCUT2D eigenvalue weighted by atomic mass is 35.5. The Morgan fingerprint density at radius 2 is 2.19 bits per heavy atom. The van der Waals surface area contributed by atoms with Crippen LogP contribution in [0.4, 0.5) is 0 Å². The molecule has 5 heteroatoms. The van der Waals surface area contributed by atoms with Gasteiger partial charge in [-0.1, -0.05) is 23.7 Å². The van der Waals surface area contributed by atoms with Gasteiger partial charge in [0.1, 0.15) is 0 Å². The van der Waals surface area contributed by atoms with E-state index in [9.17, 15) is 0 Å². The van der Waals surface area contributed by atoms with Crippen LogP contribution in [0.2, 0.25) is 5.02 Å². The van der Waals surface area contributed by atoms with Gasteiger partial charge in [0.15, 0.2) is 5.79 Å². The monoisotopic (exact) mass is 308 g/mol. The molecule has 0 aliphatic carbocycles. The number of halogens is 1. The zero-order valence-electron chi connectivity index (χ0n) is 12.2. The number of nitrogens with zero attached hydrogens (tertiary/aromatic N) is 1. The minimum Gasteiger partial charge on any atom is -0.373 e. The van der Waals surface area contributed by atoms with Crippen molar-refractivity contribution < 1.29 is 9.47 Å². The molecule has 1 saturated heterocycles. The Balaban J connectivity index is 1.64. The van der Waals surface area contributed by atoms with Crippen LogP contribution in [-0.2, 0) is 15.9 Å². The van der Waals surface area contributed by atoms with Crippen LogP contribution in [0.1, 0.15) is 18.9 Å². The summed E-state index contributed by atoms with van der Waals surface area (Å²) in [5.74, 6) is -0.518. The second kappa shape index (κ2) is 6.26. The summed E-state index contributed by atoms with van der Waals surface area (Å²) in [5.41, 5.74) is 1.25. The van der Waals surface area contributed by atoms with Crippen LogP contribution in [0.15, 0.2) is 36.7 Å². The third-order valence-corrected chi connectivity index (χ3v) is 4.10. The molecular weight excluding hydrogens is 288 g/mol. The minimum absolute atomic E-state index is 0.148. The lowest BCUT2D eigenvalue weighted by atomic mass is 10.0. The van der Waals surface area contributed by atoms with Crippen molar-refractivity contribution in [2.45, 2.75) is 31.7 Å². The highest BCUT2D eigenvalue weighted by molar-refractivity contribution is 6.30. The Kier molecular flexibility index (Phi) is 4.38.